The van der Waals surface area contributed by atoms with Crippen molar-refractivity contribution in [3.63, 3.8) is 0 Å². The number of hydrogen-bond donors (Lipinski definition) is 2. The fraction of sp³-hybridized carbons (Fsp3) is 0.444. The molecular weight excluding hydrogens is 322 g/mol. The minimum absolute atomic E-state index is 0.148. The molecule has 2 fully saturated rings. The zero-order valence-electron chi connectivity index (χ0n) is 13.9. The van der Waals surface area contributed by atoms with E-state index >= 15 is 0 Å². The molecule has 0 aromatic heterocycles. The first-order chi connectivity index (χ1) is 12.1. The summed E-state index contributed by atoms with van der Waals surface area (Å²) in [5, 5.41) is 4.88. The first kappa shape index (κ1) is 17.1. The smallest absolute Gasteiger partial charge is 0.251 e. The Balaban J connectivity index is 1.58. The molecule has 0 spiro atoms. The maximum Gasteiger partial charge on any atom is 0.251 e. The zero-order chi connectivity index (χ0) is 17.8. The van der Waals surface area contributed by atoms with Gasteiger partial charge in [0.1, 0.15) is 12.3 Å². The molecule has 0 unspecified atom stereocenters. The zero-order valence-corrected chi connectivity index (χ0v) is 13.9. The van der Waals surface area contributed by atoms with Gasteiger partial charge in [0, 0.05) is 36.7 Å². The second kappa shape index (κ2) is 7.46. The van der Waals surface area contributed by atoms with Crippen LogP contribution < -0.4 is 15.5 Å². The van der Waals surface area contributed by atoms with Crippen LogP contribution >= 0.6 is 0 Å². The highest BCUT2D eigenvalue weighted by Gasteiger charge is 2.28. The molecule has 0 bridgehead atoms. The van der Waals surface area contributed by atoms with Gasteiger partial charge in [-0.05, 0) is 43.5 Å². The lowest BCUT2D eigenvalue weighted by atomic mass is 9.98. The van der Waals surface area contributed by atoms with Gasteiger partial charge >= 0.3 is 0 Å². The van der Waals surface area contributed by atoms with E-state index in [2.05, 4.69) is 15.5 Å². The van der Waals surface area contributed by atoms with Crippen molar-refractivity contribution < 1.29 is 19.2 Å². The Morgan fingerprint density at radius 3 is 2.40 bits per heavy atom. The van der Waals surface area contributed by atoms with Gasteiger partial charge in [-0.15, -0.1) is 0 Å². The number of nitrogens with zero attached hydrogens (tertiary/aromatic N) is 1. The van der Waals surface area contributed by atoms with Gasteiger partial charge in [-0.1, -0.05) is 0 Å². The minimum atomic E-state index is -0.674. The highest BCUT2D eigenvalue weighted by molar-refractivity contribution is 6.03. The summed E-state index contributed by atoms with van der Waals surface area (Å²) < 4.78 is 0. The molecule has 0 radical (unpaired) electrons. The van der Waals surface area contributed by atoms with E-state index in [1.165, 1.54) is 0 Å². The molecule has 132 valence electrons. The molecule has 2 saturated heterocycles. The Kier molecular flexibility index (Phi) is 5.11. The van der Waals surface area contributed by atoms with Crippen LogP contribution in [0.2, 0.25) is 0 Å². The van der Waals surface area contributed by atoms with Crippen molar-refractivity contribution in [1.29, 1.82) is 0 Å². The number of carbonyl (C=O) groups excluding carboxylic acids is 4. The maximum atomic E-state index is 12.3. The van der Waals surface area contributed by atoms with Crippen molar-refractivity contribution in [2.75, 3.05) is 18.0 Å². The fourth-order valence-electron chi connectivity index (χ4n) is 3.19. The third-order valence-corrected chi connectivity index (χ3v) is 4.77. The molecule has 25 heavy (non-hydrogen) atoms. The van der Waals surface area contributed by atoms with Gasteiger partial charge in [0.15, 0.2) is 0 Å². The van der Waals surface area contributed by atoms with Gasteiger partial charge in [-0.3, -0.25) is 19.7 Å². The summed E-state index contributed by atoms with van der Waals surface area (Å²) in [6.45, 7) is 1.65. The summed E-state index contributed by atoms with van der Waals surface area (Å²) in [6, 6.07) is 6.53. The SMILES string of the molecule is O=CC1CCN(c2ccc(C(=O)N[C@H]3CCC(=O)NC3=O)cc2)CC1. The number of nitrogens with one attached hydrogen (secondary N) is 2. The standard InChI is InChI=1S/C18H21N3O4/c22-11-12-7-9-21(10-8-12)14-3-1-13(2-4-14)17(24)19-15-5-6-16(23)20-18(15)25/h1-4,11-12,15H,5-10H2,(H,19,24)(H,20,23,25)/t15-/m0/s1. The van der Waals surface area contributed by atoms with Crippen molar-refractivity contribution in [2.45, 2.75) is 31.7 Å². The molecule has 7 heteroatoms. The maximum absolute atomic E-state index is 12.3. The van der Waals surface area contributed by atoms with Crippen molar-refractivity contribution in [2.24, 2.45) is 5.92 Å². The Morgan fingerprint density at radius 1 is 1.12 bits per heavy atom. The lowest BCUT2D eigenvalue weighted by Gasteiger charge is -2.31. The summed E-state index contributed by atoms with van der Waals surface area (Å²) in [7, 11) is 0. The average Bonchev–Trinajstić information content (AvgIpc) is 2.64. The molecule has 7 nitrogen and oxygen atoms in total. The van der Waals surface area contributed by atoms with Gasteiger partial charge in [0.2, 0.25) is 11.8 Å². The fourth-order valence-corrected chi connectivity index (χ4v) is 3.19. The van der Waals surface area contributed by atoms with Crippen LogP contribution in [0, 0.1) is 5.92 Å². The summed E-state index contributed by atoms with van der Waals surface area (Å²) in [4.78, 5) is 48.1. The van der Waals surface area contributed by atoms with Gasteiger partial charge < -0.3 is 15.0 Å². The highest BCUT2D eigenvalue weighted by atomic mass is 16.2. The van der Waals surface area contributed by atoms with Gasteiger partial charge in [0.05, 0.1) is 0 Å². The van der Waals surface area contributed by atoms with Crippen LogP contribution in [0.15, 0.2) is 24.3 Å². The lowest BCUT2D eigenvalue weighted by Crippen LogP contribution is -2.52. The minimum Gasteiger partial charge on any atom is -0.371 e. The van der Waals surface area contributed by atoms with Crippen molar-refractivity contribution >= 4 is 29.7 Å². The Hall–Kier alpha value is -2.70. The molecule has 2 N–H and O–H groups in total. The number of imide groups is 1. The quantitative estimate of drug-likeness (QED) is 0.618. The van der Waals surface area contributed by atoms with Crippen molar-refractivity contribution in [1.82, 2.24) is 10.6 Å². The van der Waals surface area contributed by atoms with Gasteiger partial charge in [0.25, 0.3) is 5.91 Å². The van der Waals surface area contributed by atoms with E-state index in [1.54, 1.807) is 12.1 Å². The third kappa shape index (κ3) is 4.04. The molecule has 1 atom stereocenters. The lowest BCUT2D eigenvalue weighted by molar-refractivity contribution is -0.134. The normalized spacial score (nSPS) is 21.6. The van der Waals surface area contributed by atoms with Crippen LogP contribution in [0.1, 0.15) is 36.0 Å². The first-order valence-corrected chi connectivity index (χ1v) is 8.51. The monoisotopic (exact) mass is 343 g/mol. The average molecular weight is 343 g/mol. The predicted octanol–water partition coefficient (Wildman–Crippen LogP) is 0.637. The van der Waals surface area contributed by atoms with Crippen molar-refractivity contribution in [3.8, 4) is 0 Å². The van der Waals surface area contributed by atoms with E-state index in [0.29, 0.717) is 12.0 Å². The third-order valence-electron chi connectivity index (χ3n) is 4.77. The summed E-state index contributed by atoms with van der Waals surface area (Å²) in [5.74, 6) is -0.951. The first-order valence-electron chi connectivity index (χ1n) is 8.51. The topological polar surface area (TPSA) is 95.6 Å². The van der Waals surface area contributed by atoms with Crippen LogP contribution in [0.25, 0.3) is 0 Å². The van der Waals surface area contributed by atoms with E-state index in [0.717, 1.165) is 37.9 Å². The molecule has 3 amide bonds. The molecule has 1 aromatic rings. The number of aldehydes is 1. The predicted molar refractivity (Wildman–Crippen MR) is 91.1 cm³/mol. The summed E-state index contributed by atoms with van der Waals surface area (Å²) in [5.41, 5.74) is 1.48. The van der Waals surface area contributed by atoms with Gasteiger partial charge in [-0.25, -0.2) is 0 Å². The summed E-state index contributed by atoms with van der Waals surface area (Å²) in [6.07, 6.45) is 3.27. The van der Waals surface area contributed by atoms with Crippen molar-refractivity contribution in [3.05, 3.63) is 29.8 Å². The van der Waals surface area contributed by atoms with Crippen LogP contribution in [-0.2, 0) is 14.4 Å². The Labute approximate surface area is 145 Å². The molecule has 3 rings (SSSR count). The highest BCUT2D eigenvalue weighted by Crippen LogP contribution is 2.22. The summed E-state index contributed by atoms with van der Waals surface area (Å²) >= 11 is 0. The molecule has 0 saturated carbocycles. The second-order valence-corrected chi connectivity index (χ2v) is 6.48. The van der Waals surface area contributed by atoms with E-state index < -0.39 is 11.9 Å². The molecule has 2 aliphatic rings. The van der Waals surface area contributed by atoms with E-state index in [4.69, 9.17) is 0 Å². The molecule has 2 aliphatic heterocycles. The van der Waals surface area contributed by atoms with Gasteiger partial charge in [-0.2, -0.15) is 0 Å². The van der Waals surface area contributed by atoms with Crippen LogP contribution in [-0.4, -0.2) is 43.1 Å². The molecule has 1 aromatic carbocycles. The number of hydrogen-bond acceptors (Lipinski definition) is 5. The van der Waals surface area contributed by atoms with Crippen LogP contribution in [0.5, 0.6) is 0 Å². The molecule has 2 heterocycles. The number of benzene rings is 1. The Bertz CT molecular complexity index is 678. The number of amides is 3. The molecular formula is C18H21N3O4. The van der Waals surface area contributed by atoms with E-state index in [9.17, 15) is 19.2 Å². The van der Waals surface area contributed by atoms with E-state index in [-0.39, 0.29) is 24.2 Å². The largest absolute Gasteiger partial charge is 0.371 e. The second-order valence-electron chi connectivity index (χ2n) is 6.48. The number of anilines is 1. The van der Waals surface area contributed by atoms with Crippen LogP contribution in [0.3, 0.4) is 0 Å². The Morgan fingerprint density at radius 2 is 1.80 bits per heavy atom. The van der Waals surface area contributed by atoms with Crippen LogP contribution in [0.4, 0.5) is 5.69 Å². The number of rotatable bonds is 4. The van der Waals surface area contributed by atoms with E-state index in [1.807, 2.05) is 12.1 Å². The number of piperidine rings is 2. The number of carbonyl (C=O) groups is 4. The molecule has 0 aliphatic carbocycles.